The second-order valence-corrected chi connectivity index (χ2v) is 3.83. The zero-order valence-electron chi connectivity index (χ0n) is 9.11. The molecule has 16 heavy (non-hydrogen) atoms. The summed E-state index contributed by atoms with van der Waals surface area (Å²) in [5, 5.41) is 17.2. The quantitative estimate of drug-likeness (QED) is 0.780. The molecule has 0 heterocycles. The van der Waals surface area contributed by atoms with Crippen LogP contribution in [0.2, 0.25) is 0 Å². The molecule has 0 bridgehead atoms. The maximum atomic E-state index is 13.5. The van der Waals surface area contributed by atoms with Crippen molar-refractivity contribution in [1.82, 2.24) is 0 Å². The third-order valence-electron chi connectivity index (χ3n) is 2.14. The first-order chi connectivity index (χ1) is 7.41. The lowest BCUT2D eigenvalue weighted by Gasteiger charge is -2.09. The monoisotopic (exact) mass is 228 g/mol. The summed E-state index contributed by atoms with van der Waals surface area (Å²) >= 11 is 0. The van der Waals surface area contributed by atoms with Crippen molar-refractivity contribution >= 4 is 6.08 Å². The molecule has 0 fully saturated rings. The Kier molecular flexibility index (Phi) is 4.15. The number of aliphatic hydroxyl groups excluding tert-OH is 1. The van der Waals surface area contributed by atoms with Gasteiger partial charge in [-0.1, -0.05) is 19.9 Å². The van der Waals surface area contributed by atoms with E-state index in [4.69, 9.17) is 10.2 Å². The average Bonchev–Trinajstić information content (AvgIpc) is 2.12. The summed E-state index contributed by atoms with van der Waals surface area (Å²) in [6.07, 6.45) is 0.653. The van der Waals surface area contributed by atoms with Crippen LogP contribution in [0.3, 0.4) is 0 Å². The van der Waals surface area contributed by atoms with Gasteiger partial charge in [0.15, 0.2) is 6.29 Å². The Hall–Kier alpha value is -1.26. The molecule has 0 radical (unpaired) electrons. The summed E-state index contributed by atoms with van der Waals surface area (Å²) in [5.74, 6) is -1.48. The van der Waals surface area contributed by atoms with Gasteiger partial charge in [0.05, 0.1) is 0 Å². The van der Waals surface area contributed by atoms with Gasteiger partial charge in [0.2, 0.25) is 0 Å². The van der Waals surface area contributed by atoms with E-state index in [0.717, 1.165) is 18.2 Å². The van der Waals surface area contributed by atoms with Crippen LogP contribution in [-0.2, 0) is 0 Å². The first-order valence-corrected chi connectivity index (χ1v) is 4.95. The average molecular weight is 228 g/mol. The van der Waals surface area contributed by atoms with E-state index in [1.165, 1.54) is 6.08 Å². The van der Waals surface area contributed by atoms with E-state index in [1.807, 2.05) is 0 Å². The third-order valence-corrected chi connectivity index (χ3v) is 2.14. The van der Waals surface area contributed by atoms with Gasteiger partial charge in [-0.25, -0.2) is 8.78 Å². The molecule has 88 valence electrons. The molecule has 1 aromatic carbocycles. The van der Waals surface area contributed by atoms with Crippen molar-refractivity contribution in [3.63, 3.8) is 0 Å². The first-order valence-electron chi connectivity index (χ1n) is 4.95. The Labute approximate surface area is 92.9 Å². The molecule has 0 amide bonds. The number of hydrogen-bond acceptors (Lipinski definition) is 2. The van der Waals surface area contributed by atoms with E-state index in [9.17, 15) is 8.78 Å². The van der Waals surface area contributed by atoms with Gasteiger partial charge in [-0.15, -0.1) is 0 Å². The van der Waals surface area contributed by atoms with Gasteiger partial charge in [-0.2, -0.15) is 0 Å². The van der Waals surface area contributed by atoms with Crippen molar-refractivity contribution in [2.75, 3.05) is 0 Å². The first kappa shape index (κ1) is 12.8. The largest absolute Gasteiger partial charge is 0.365 e. The number of aliphatic hydroxyl groups is 2. The number of halogens is 2. The predicted molar refractivity (Wildman–Crippen MR) is 57.7 cm³/mol. The SMILES string of the molecule is CC(C)c1c(F)cc(/C=C/C(O)O)cc1F. The zero-order valence-corrected chi connectivity index (χ0v) is 9.11. The third kappa shape index (κ3) is 3.12. The second kappa shape index (κ2) is 5.18. The van der Waals surface area contributed by atoms with E-state index in [-0.39, 0.29) is 17.0 Å². The molecule has 2 N–H and O–H groups in total. The Morgan fingerprint density at radius 1 is 1.12 bits per heavy atom. The van der Waals surface area contributed by atoms with Crippen LogP contribution in [0, 0.1) is 11.6 Å². The Morgan fingerprint density at radius 3 is 2.00 bits per heavy atom. The van der Waals surface area contributed by atoms with E-state index >= 15 is 0 Å². The fraction of sp³-hybridized carbons (Fsp3) is 0.333. The molecular formula is C12H14F2O2. The van der Waals surface area contributed by atoms with Gasteiger partial charge in [-0.3, -0.25) is 0 Å². The molecule has 0 aliphatic rings. The lowest BCUT2D eigenvalue weighted by atomic mass is 10.00. The molecule has 0 aliphatic carbocycles. The summed E-state index contributed by atoms with van der Waals surface area (Å²) in [4.78, 5) is 0. The van der Waals surface area contributed by atoms with Crippen molar-refractivity contribution in [2.45, 2.75) is 26.1 Å². The summed E-state index contributed by atoms with van der Waals surface area (Å²) in [7, 11) is 0. The highest BCUT2D eigenvalue weighted by Crippen LogP contribution is 2.23. The number of rotatable bonds is 3. The standard InChI is InChI=1S/C12H14F2O2/c1-7(2)12-9(13)5-8(6-10(12)14)3-4-11(15)16/h3-7,11,15-16H,1-2H3/b4-3+. The molecule has 0 atom stereocenters. The molecule has 1 aromatic rings. The lowest BCUT2D eigenvalue weighted by molar-refractivity contribution is 0.00303. The summed E-state index contributed by atoms with van der Waals surface area (Å²) in [6, 6.07) is 2.33. The van der Waals surface area contributed by atoms with Crippen LogP contribution in [0.15, 0.2) is 18.2 Å². The van der Waals surface area contributed by atoms with Crippen LogP contribution in [0.1, 0.15) is 30.9 Å². The molecule has 0 unspecified atom stereocenters. The Morgan fingerprint density at radius 2 is 1.62 bits per heavy atom. The van der Waals surface area contributed by atoms with Crippen LogP contribution in [0.25, 0.3) is 6.08 Å². The fourth-order valence-corrected chi connectivity index (χ4v) is 1.45. The van der Waals surface area contributed by atoms with Crippen LogP contribution in [-0.4, -0.2) is 16.5 Å². The van der Waals surface area contributed by atoms with Gasteiger partial charge in [0, 0.05) is 5.56 Å². The van der Waals surface area contributed by atoms with Crippen LogP contribution < -0.4 is 0 Å². The van der Waals surface area contributed by atoms with Crippen LogP contribution >= 0.6 is 0 Å². The van der Waals surface area contributed by atoms with E-state index in [0.29, 0.717) is 0 Å². The minimum absolute atomic E-state index is 0.0432. The maximum Gasteiger partial charge on any atom is 0.171 e. The van der Waals surface area contributed by atoms with Gasteiger partial charge >= 0.3 is 0 Å². The van der Waals surface area contributed by atoms with E-state index < -0.39 is 17.9 Å². The lowest BCUT2D eigenvalue weighted by Crippen LogP contribution is -2.00. The minimum atomic E-state index is -1.63. The van der Waals surface area contributed by atoms with Crippen molar-refractivity contribution in [1.29, 1.82) is 0 Å². The molecular weight excluding hydrogens is 214 g/mol. The topological polar surface area (TPSA) is 40.5 Å². The van der Waals surface area contributed by atoms with Crippen molar-refractivity contribution in [3.8, 4) is 0 Å². The molecule has 0 aromatic heterocycles. The predicted octanol–water partition coefficient (Wildman–Crippen LogP) is 2.41. The molecule has 1 rings (SSSR count). The molecule has 0 aliphatic heterocycles. The second-order valence-electron chi connectivity index (χ2n) is 3.83. The highest BCUT2D eigenvalue weighted by Gasteiger charge is 2.13. The molecule has 0 spiro atoms. The molecule has 0 saturated carbocycles. The number of hydrogen-bond donors (Lipinski definition) is 2. The van der Waals surface area contributed by atoms with Crippen molar-refractivity contribution < 1.29 is 19.0 Å². The zero-order chi connectivity index (χ0) is 12.3. The van der Waals surface area contributed by atoms with Crippen molar-refractivity contribution in [2.24, 2.45) is 0 Å². The van der Waals surface area contributed by atoms with E-state index in [2.05, 4.69) is 0 Å². The van der Waals surface area contributed by atoms with Crippen LogP contribution in [0.4, 0.5) is 8.78 Å². The Balaban J connectivity index is 3.10. The highest BCUT2D eigenvalue weighted by atomic mass is 19.1. The summed E-state index contributed by atoms with van der Waals surface area (Å²) in [5.41, 5.74) is 0.300. The Bertz CT molecular complexity index is 375. The van der Waals surface area contributed by atoms with Gasteiger partial charge in [-0.05, 0) is 29.7 Å². The normalized spacial score (nSPS) is 12.0. The molecule has 4 heteroatoms. The van der Waals surface area contributed by atoms with Gasteiger partial charge in [0.25, 0.3) is 0 Å². The van der Waals surface area contributed by atoms with E-state index in [1.54, 1.807) is 13.8 Å². The number of benzene rings is 1. The van der Waals surface area contributed by atoms with Gasteiger partial charge in [0.1, 0.15) is 11.6 Å². The summed E-state index contributed by atoms with van der Waals surface area (Å²) < 4.78 is 27.0. The smallest absolute Gasteiger partial charge is 0.171 e. The highest BCUT2D eigenvalue weighted by molar-refractivity contribution is 5.51. The molecule has 2 nitrogen and oxygen atoms in total. The fourth-order valence-electron chi connectivity index (χ4n) is 1.45. The van der Waals surface area contributed by atoms with Gasteiger partial charge < -0.3 is 10.2 Å². The summed E-state index contributed by atoms with van der Waals surface area (Å²) in [6.45, 7) is 3.41. The molecule has 0 saturated heterocycles. The maximum absolute atomic E-state index is 13.5. The minimum Gasteiger partial charge on any atom is -0.365 e. The van der Waals surface area contributed by atoms with Crippen molar-refractivity contribution in [3.05, 3.63) is 41.0 Å². The van der Waals surface area contributed by atoms with Crippen LogP contribution in [0.5, 0.6) is 0 Å².